The number of amides is 1. The van der Waals surface area contributed by atoms with Gasteiger partial charge in [0.05, 0.1) is 5.69 Å². The van der Waals surface area contributed by atoms with Crippen LogP contribution in [0.25, 0.3) is 11.1 Å². The Morgan fingerprint density at radius 2 is 1.96 bits per heavy atom. The van der Waals surface area contributed by atoms with Crippen molar-refractivity contribution >= 4 is 23.3 Å². The number of carbonyl (C=O) groups excluding carboxylic acids is 1. The van der Waals surface area contributed by atoms with Gasteiger partial charge < -0.3 is 26.3 Å². The number of carbonyl (C=O) groups is 1. The molecular weight excluding hydrogens is 316 g/mol. The van der Waals surface area contributed by atoms with Crippen molar-refractivity contribution in [1.29, 1.82) is 5.41 Å². The number of imidazole rings is 1. The Morgan fingerprint density at radius 1 is 1.36 bits per heavy atom. The number of hydrogen-bond acceptors (Lipinski definition) is 5. The summed E-state index contributed by atoms with van der Waals surface area (Å²) in [6, 6.07) is 0. The number of hydrogen-bond donors (Lipinski definition) is 3. The van der Waals surface area contributed by atoms with Crippen LogP contribution in [0.5, 0.6) is 0 Å². The van der Waals surface area contributed by atoms with Crippen LogP contribution in [-0.2, 0) is 11.8 Å². The number of nitrogens with zero attached hydrogens (tertiary/aromatic N) is 3. The maximum atomic E-state index is 11.1. The molecule has 1 aromatic rings. The second-order valence-corrected chi connectivity index (χ2v) is 6.01. The van der Waals surface area contributed by atoms with Gasteiger partial charge in [0.1, 0.15) is 5.82 Å². The van der Waals surface area contributed by atoms with Crippen molar-refractivity contribution in [2.75, 3.05) is 14.1 Å². The lowest BCUT2D eigenvalue weighted by Crippen LogP contribution is -2.14. The van der Waals surface area contributed by atoms with E-state index >= 15 is 0 Å². The molecule has 25 heavy (non-hydrogen) atoms. The molecule has 0 spiro atoms. The lowest BCUT2D eigenvalue weighted by atomic mass is 10.0. The lowest BCUT2D eigenvalue weighted by molar-refractivity contribution is -0.114. The average Bonchev–Trinajstić information content (AvgIpc) is 2.89. The van der Waals surface area contributed by atoms with Crippen molar-refractivity contribution in [3.05, 3.63) is 53.4 Å². The van der Waals surface area contributed by atoms with Gasteiger partial charge in [-0.15, -0.1) is 0 Å². The molecule has 0 unspecified atom stereocenters. The van der Waals surface area contributed by atoms with Crippen LogP contribution in [0.4, 0.5) is 0 Å². The Hall–Kier alpha value is -3.09. The molecule has 0 fully saturated rings. The van der Waals surface area contributed by atoms with Gasteiger partial charge in [-0.25, -0.2) is 4.98 Å². The smallest absolute Gasteiger partial charge is 0.248 e. The molecule has 1 rings (SSSR count). The minimum Gasteiger partial charge on any atom is -0.398 e. The Bertz CT molecular complexity index is 792. The summed E-state index contributed by atoms with van der Waals surface area (Å²) in [5, 5.41) is 7.67. The van der Waals surface area contributed by atoms with Crippen molar-refractivity contribution < 1.29 is 4.79 Å². The minimum absolute atomic E-state index is 0.0786. The SMILES string of the molecule is C=C(/C=C(N)\C(C=N)=C(/C)c1nc(/C(C)=C/N(C)C)cn1C)C(N)=O. The van der Waals surface area contributed by atoms with Crippen LogP contribution in [0, 0.1) is 5.41 Å². The Balaban J connectivity index is 3.40. The third-order valence-electron chi connectivity index (χ3n) is 3.57. The van der Waals surface area contributed by atoms with Crippen molar-refractivity contribution in [3.63, 3.8) is 0 Å². The van der Waals surface area contributed by atoms with Crippen LogP contribution in [0.3, 0.4) is 0 Å². The standard InChI is InChI=1S/C18H26N6O/c1-11(17(21)25)7-15(20)14(8-19)13(3)18-22-16(10-24(18)6)12(2)9-23(4)5/h7-10,19H,1,20H2,2-6H3,(H2,21,25)/b12-9+,14-13+,15-7+,19-8?. The first-order chi connectivity index (χ1) is 11.6. The first-order valence-electron chi connectivity index (χ1n) is 7.65. The number of rotatable bonds is 7. The Labute approximate surface area is 148 Å². The van der Waals surface area contributed by atoms with E-state index in [1.165, 1.54) is 6.08 Å². The van der Waals surface area contributed by atoms with Gasteiger partial charge in [0, 0.05) is 62.2 Å². The molecule has 0 radical (unpaired) electrons. The van der Waals surface area contributed by atoms with Crippen LogP contribution in [0.15, 0.2) is 41.9 Å². The van der Waals surface area contributed by atoms with Gasteiger partial charge >= 0.3 is 0 Å². The second kappa shape index (κ2) is 8.14. The molecular formula is C18H26N6O. The van der Waals surface area contributed by atoms with Crippen LogP contribution < -0.4 is 11.5 Å². The van der Waals surface area contributed by atoms with E-state index in [1.54, 1.807) is 0 Å². The van der Waals surface area contributed by atoms with Crippen LogP contribution in [-0.4, -0.2) is 40.7 Å². The summed E-state index contributed by atoms with van der Waals surface area (Å²) in [5.74, 6) is 0.0229. The van der Waals surface area contributed by atoms with Gasteiger partial charge in [-0.3, -0.25) is 4.79 Å². The van der Waals surface area contributed by atoms with Gasteiger partial charge in [0.25, 0.3) is 0 Å². The van der Waals surface area contributed by atoms with E-state index in [0.29, 0.717) is 17.0 Å². The number of aryl methyl sites for hydroxylation is 1. The van der Waals surface area contributed by atoms with Crippen molar-refractivity contribution in [3.8, 4) is 0 Å². The lowest BCUT2D eigenvalue weighted by Gasteiger charge is -2.09. The molecule has 1 heterocycles. The first kappa shape index (κ1) is 20.0. The molecule has 0 aliphatic rings. The first-order valence-corrected chi connectivity index (χ1v) is 7.65. The highest BCUT2D eigenvalue weighted by Crippen LogP contribution is 2.22. The number of nitrogens with one attached hydrogen (secondary N) is 1. The molecule has 134 valence electrons. The second-order valence-electron chi connectivity index (χ2n) is 6.01. The molecule has 0 aliphatic carbocycles. The molecule has 0 aromatic carbocycles. The quantitative estimate of drug-likeness (QED) is 0.397. The van der Waals surface area contributed by atoms with Gasteiger partial charge in [-0.1, -0.05) is 6.58 Å². The Morgan fingerprint density at radius 3 is 2.44 bits per heavy atom. The van der Waals surface area contributed by atoms with E-state index in [1.807, 2.05) is 56.9 Å². The molecule has 7 nitrogen and oxygen atoms in total. The third-order valence-corrected chi connectivity index (χ3v) is 3.57. The summed E-state index contributed by atoms with van der Waals surface area (Å²) in [7, 11) is 5.77. The van der Waals surface area contributed by atoms with Crippen molar-refractivity contribution in [2.24, 2.45) is 18.5 Å². The molecule has 0 atom stereocenters. The zero-order chi connectivity index (χ0) is 19.3. The maximum Gasteiger partial charge on any atom is 0.248 e. The van der Waals surface area contributed by atoms with Crippen molar-refractivity contribution in [2.45, 2.75) is 13.8 Å². The van der Waals surface area contributed by atoms with Gasteiger partial charge in [-0.05, 0) is 25.5 Å². The molecule has 0 saturated carbocycles. The van der Waals surface area contributed by atoms with Crippen molar-refractivity contribution in [1.82, 2.24) is 14.5 Å². The molecule has 1 aromatic heterocycles. The topological polar surface area (TPSA) is 114 Å². The highest BCUT2D eigenvalue weighted by molar-refractivity contribution is 5.97. The normalized spacial score (nSPS) is 13.3. The van der Waals surface area contributed by atoms with E-state index < -0.39 is 5.91 Å². The summed E-state index contributed by atoms with van der Waals surface area (Å²) in [6.07, 6.45) is 6.39. The largest absolute Gasteiger partial charge is 0.398 e. The summed E-state index contributed by atoms with van der Waals surface area (Å²) < 4.78 is 1.87. The average molecular weight is 342 g/mol. The van der Waals surface area contributed by atoms with Crippen LogP contribution in [0.2, 0.25) is 0 Å². The molecule has 0 aliphatic heterocycles. The van der Waals surface area contributed by atoms with E-state index in [4.69, 9.17) is 16.9 Å². The van der Waals surface area contributed by atoms with Gasteiger partial charge in [0.15, 0.2) is 0 Å². The fraction of sp³-hybridized carbons (Fsp3) is 0.278. The van der Waals surface area contributed by atoms with Crippen LogP contribution in [0.1, 0.15) is 25.4 Å². The highest BCUT2D eigenvalue weighted by Gasteiger charge is 2.14. The number of primary amides is 1. The Kier molecular flexibility index (Phi) is 6.50. The summed E-state index contributed by atoms with van der Waals surface area (Å²) in [5.41, 5.74) is 14.5. The summed E-state index contributed by atoms with van der Waals surface area (Å²) in [4.78, 5) is 17.7. The minimum atomic E-state index is -0.659. The van der Waals surface area contributed by atoms with Gasteiger partial charge in [0.2, 0.25) is 5.91 Å². The van der Waals surface area contributed by atoms with Crippen LogP contribution >= 0.6 is 0 Å². The summed E-state index contributed by atoms with van der Waals surface area (Å²) >= 11 is 0. The predicted octanol–water partition coefficient (Wildman–Crippen LogP) is 1.65. The predicted molar refractivity (Wildman–Crippen MR) is 103 cm³/mol. The number of allylic oxidation sites excluding steroid dienone is 3. The monoisotopic (exact) mass is 342 g/mol. The molecule has 7 heteroatoms. The molecule has 0 saturated heterocycles. The zero-order valence-corrected chi connectivity index (χ0v) is 15.4. The fourth-order valence-electron chi connectivity index (χ4n) is 2.32. The van der Waals surface area contributed by atoms with E-state index in [2.05, 4.69) is 11.6 Å². The zero-order valence-electron chi connectivity index (χ0n) is 15.4. The van der Waals surface area contributed by atoms with E-state index in [9.17, 15) is 4.79 Å². The van der Waals surface area contributed by atoms with E-state index in [-0.39, 0.29) is 11.3 Å². The number of nitrogens with two attached hydrogens (primary N) is 2. The van der Waals surface area contributed by atoms with E-state index in [0.717, 1.165) is 17.5 Å². The maximum absolute atomic E-state index is 11.1. The molecule has 1 amide bonds. The summed E-state index contributed by atoms with van der Waals surface area (Å²) in [6.45, 7) is 7.36. The molecule has 0 bridgehead atoms. The third kappa shape index (κ3) is 4.94. The van der Waals surface area contributed by atoms with Gasteiger partial charge in [-0.2, -0.15) is 0 Å². The molecule has 5 N–H and O–H groups in total. The highest BCUT2D eigenvalue weighted by atomic mass is 16.1. The fourth-order valence-corrected chi connectivity index (χ4v) is 2.32. The number of aromatic nitrogens is 2.